The molecule has 1 saturated heterocycles. The first-order chi connectivity index (χ1) is 5.95. The summed E-state index contributed by atoms with van der Waals surface area (Å²) in [5.41, 5.74) is 5.98. The second kappa shape index (κ2) is 3.95. The molecule has 3 N–H and O–H groups in total. The van der Waals surface area contributed by atoms with E-state index in [1.807, 2.05) is 0 Å². The number of nitrogens with two attached hydrogens (primary N) is 1. The van der Waals surface area contributed by atoms with Crippen LogP contribution < -0.4 is 5.73 Å². The number of hydrogen-bond donors (Lipinski definition) is 2. The van der Waals surface area contributed by atoms with Crippen molar-refractivity contribution in [3.63, 3.8) is 0 Å². The molecule has 0 bridgehead atoms. The average Bonchev–Trinajstić information content (AvgIpc) is 1.92. The highest BCUT2D eigenvalue weighted by Crippen LogP contribution is 2.29. The lowest BCUT2D eigenvalue weighted by Gasteiger charge is -2.48. The first-order valence-corrected chi connectivity index (χ1v) is 5.05. The predicted octanol–water partition coefficient (Wildman–Crippen LogP) is 0.426. The van der Waals surface area contributed by atoms with Crippen molar-refractivity contribution < 1.29 is 5.11 Å². The van der Waals surface area contributed by atoms with Crippen LogP contribution in [0.1, 0.15) is 27.2 Å². The fraction of sp³-hybridized carbons (Fsp3) is 1.00. The molecule has 1 fully saturated rings. The lowest BCUT2D eigenvalue weighted by molar-refractivity contribution is 0.0170. The molecule has 78 valence electrons. The minimum Gasteiger partial charge on any atom is -0.396 e. The monoisotopic (exact) mass is 186 g/mol. The van der Waals surface area contributed by atoms with Gasteiger partial charge in [-0.3, -0.25) is 4.90 Å². The molecule has 0 saturated carbocycles. The number of likely N-dealkylation sites (tertiary alicyclic amines) is 1. The quantitative estimate of drug-likeness (QED) is 0.672. The van der Waals surface area contributed by atoms with Crippen molar-refractivity contribution in [1.29, 1.82) is 0 Å². The van der Waals surface area contributed by atoms with Crippen molar-refractivity contribution in [2.75, 3.05) is 19.7 Å². The van der Waals surface area contributed by atoms with Gasteiger partial charge in [0.15, 0.2) is 0 Å². The fourth-order valence-corrected chi connectivity index (χ4v) is 2.09. The Bertz CT molecular complexity index is 159. The zero-order valence-corrected chi connectivity index (χ0v) is 8.95. The van der Waals surface area contributed by atoms with Crippen LogP contribution >= 0.6 is 0 Å². The molecule has 1 aliphatic heterocycles. The summed E-state index contributed by atoms with van der Waals surface area (Å²) in [6.45, 7) is 8.91. The Balaban J connectivity index is 2.48. The van der Waals surface area contributed by atoms with E-state index in [1.165, 1.54) is 0 Å². The van der Waals surface area contributed by atoms with Crippen molar-refractivity contribution in [2.45, 2.75) is 39.3 Å². The van der Waals surface area contributed by atoms with Gasteiger partial charge in [-0.05, 0) is 11.8 Å². The van der Waals surface area contributed by atoms with E-state index in [1.54, 1.807) is 0 Å². The maximum absolute atomic E-state index is 8.98. The van der Waals surface area contributed by atoms with Crippen LogP contribution in [0.2, 0.25) is 0 Å². The van der Waals surface area contributed by atoms with Crippen LogP contribution in [0.4, 0.5) is 0 Å². The predicted molar refractivity (Wildman–Crippen MR) is 54.5 cm³/mol. The highest BCUT2D eigenvalue weighted by Gasteiger charge is 2.36. The normalized spacial score (nSPS) is 22.8. The van der Waals surface area contributed by atoms with Crippen molar-refractivity contribution in [3.05, 3.63) is 0 Å². The van der Waals surface area contributed by atoms with E-state index in [0.29, 0.717) is 12.1 Å². The van der Waals surface area contributed by atoms with Crippen LogP contribution in [0.15, 0.2) is 0 Å². The summed E-state index contributed by atoms with van der Waals surface area (Å²) in [6, 6.07) is 0.820. The van der Waals surface area contributed by atoms with Gasteiger partial charge < -0.3 is 10.8 Å². The zero-order valence-electron chi connectivity index (χ0n) is 8.95. The number of aliphatic hydroxyl groups excluding tert-OH is 1. The third kappa shape index (κ3) is 2.66. The topological polar surface area (TPSA) is 49.5 Å². The summed E-state index contributed by atoms with van der Waals surface area (Å²) in [5, 5.41) is 8.98. The third-order valence-electron chi connectivity index (χ3n) is 2.78. The minimum absolute atomic E-state index is 0.239. The molecule has 13 heavy (non-hydrogen) atoms. The number of nitrogens with zero attached hydrogens (tertiary/aromatic N) is 1. The highest BCUT2D eigenvalue weighted by atomic mass is 16.3. The second-order valence-corrected chi connectivity index (χ2v) is 5.11. The van der Waals surface area contributed by atoms with E-state index < -0.39 is 0 Å². The molecular formula is C10H22N2O. The summed E-state index contributed by atoms with van der Waals surface area (Å²) in [4.78, 5) is 2.38. The Labute approximate surface area is 80.9 Å². The van der Waals surface area contributed by atoms with Crippen LogP contribution in [0.5, 0.6) is 0 Å². The van der Waals surface area contributed by atoms with Gasteiger partial charge in [0.25, 0.3) is 0 Å². The maximum atomic E-state index is 8.98. The molecule has 1 atom stereocenters. The maximum Gasteiger partial charge on any atom is 0.0446 e. The van der Waals surface area contributed by atoms with E-state index >= 15 is 0 Å². The number of rotatable bonds is 3. The van der Waals surface area contributed by atoms with Gasteiger partial charge in [0, 0.05) is 31.8 Å². The first-order valence-electron chi connectivity index (χ1n) is 5.05. The lowest BCUT2D eigenvalue weighted by atomic mass is 9.82. The van der Waals surface area contributed by atoms with Crippen LogP contribution in [0.3, 0.4) is 0 Å². The first kappa shape index (κ1) is 11.0. The van der Waals surface area contributed by atoms with Gasteiger partial charge in [0.05, 0.1) is 0 Å². The number of aliphatic hydroxyl groups is 1. The molecule has 0 aromatic carbocycles. The van der Waals surface area contributed by atoms with E-state index in [-0.39, 0.29) is 12.0 Å². The van der Waals surface area contributed by atoms with Crippen molar-refractivity contribution in [1.82, 2.24) is 4.90 Å². The molecule has 1 unspecified atom stereocenters. The Morgan fingerprint density at radius 3 is 2.31 bits per heavy atom. The van der Waals surface area contributed by atoms with Gasteiger partial charge in [-0.1, -0.05) is 20.8 Å². The molecule has 1 rings (SSSR count). The summed E-state index contributed by atoms with van der Waals surface area (Å²) in [5.74, 6) is 0. The molecule has 3 nitrogen and oxygen atoms in total. The largest absolute Gasteiger partial charge is 0.396 e. The Morgan fingerprint density at radius 2 is 2.00 bits per heavy atom. The molecule has 0 radical (unpaired) electrons. The second-order valence-electron chi connectivity index (χ2n) is 5.11. The summed E-state index contributed by atoms with van der Waals surface area (Å²) in [6.07, 6.45) is 0.857. The molecule has 1 heterocycles. The van der Waals surface area contributed by atoms with Crippen LogP contribution in [-0.4, -0.2) is 41.8 Å². The van der Waals surface area contributed by atoms with Crippen LogP contribution in [0.25, 0.3) is 0 Å². The summed E-state index contributed by atoms with van der Waals surface area (Å²) in [7, 11) is 0. The summed E-state index contributed by atoms with van der Waals surface area (Å²) >= 11 is 0. The van der Waals surface area contributed by atoms with Gasteiger partial charge in [0.1, 0.15) is 0 Å². The zero-order chi connectivity index (χ0) is 10.1. The van der Waals surface area contributed by atoms with Gasteiger partial charge in [0.2, 0.25) is 0 Å². The van der Waals surface area contributed by atoms with E-state index in [9.17, 15) is 0 Å². The summed E-state index contributed by atoms with van der Waals surface area (Å²) < 4.78 is 0. The average molecular weight is 186 g/mol. The lowest BCUT2D eigenvalue weighted by Crippen LogP contribution is -2.62. The van der Waals surface area contributed by atoms with E-state index in [2.05, 4.69) is 25.7 Å². The van der Waals surface area contributed by atoms with Crippen molar-refractivity contribution in [2.24, 2.45) is 11.1 Å². The van der Waals surface area contributed by atoms with E-state index in [0.717, 1.165) is 19.5 Å². The Morgan fingerprint density at radius 1 is 1.46 bits per heavy atom. The Kier molecular flexibility index (Phi) is 3.33. The molecule has 0 spiro atoms. The minimum atomic E-state index is 0.239. The van der Waals surface area contributed by atoms with Gasteiger partial charge in [-0.15, -0.1) is 0 Å². The number of hydrogen-bond acceptors (Lipinski definition) is 3. The molecule has 0 amide bonds. The van der Waals surface area contributed by atoms with Crippen LogP contribution in [0, 0.1) is 5.41 Å². The standard InChI is InChI=1S/C10H22N2O/c1-10(2,3)9(4-5-13)12-6-8(11)7-12/h8-9,13H,4-7,11H2,1-3H3. The highest BCUT2D eigenvalue weighted by molar-refractivity contribution is 4.92. The van der Waals surface area contributed by atoms with Gasteiger partial charge >= 0.3 is 0 Å². The van der Waals surface area contributed by atoms with E-state index in [4.69, 9.17) is 10.8 Å². The molecule has 0 aliphatic carbocycles. The molecule has 3 heteroatoms. The smallest absolute Gasteiger partial charge is 0.0446 e. The SMILES string of the molecule is CC(C)(C)C(CCO)N1CC(N)C1. The van der Waals surface area contributed by atoms with Gasteiger partial charge in [-0.25, -0.2) is 0 Å². The molecule has 1 aliphatic rings. The Hall–Kier alpha value is -0.120. The molecular weight excluding hydrogens is 164 g/mol. The van der Waals surface area contributed by atoms with Crippen molar-refractivity contribution in [3.8, 4) is 0 Å². The molecule has 0 aromatic heterocycles. The van der Waals surface area contributed by atoms with Gasteiger partial charge in [-0.2, -0.15) is 0 Å². The van der Waals surface area contributed by atoms with Crippen molar-refractivity contribution >= 4 is 0 Å². The third-order valence-corrected chi connectivity index (χ3v) is 2.78. The molecule has 0 aromatic rings. The fourth-order valence-electron chi connectivity index (χ4n) is 2.09. The van der Waals surface area contributed by atoms with Crippen LogP contribution in [-0.2, 0) is 0 Å².